The summed E-state index contributed by atoms with van der Waals surface area (Å²) in [5.74, 6) is -3.21. The molecule has 1 fully saturated rings. The predicted molar refractivity (Wildman–Crippen MR) is 177 cm³/mol. The molecule has 1 saturated heterocycles. The molecule has 0 spiro atoms. The molecule has 1 heterocycles. The smallest absolute Gasteiger partial charge is 0.316 e. The van der Waals surface area contributed by atoms with Gasteiger partial charge in [0.05, 0.1) is 28.6 Å². The van der Waals surface area contributed by atoms with Gasteiger partial charge >= 0.3 is 5.97 Å². The summed E-state index contributed by atoms with van der Waals surface area (Å²) in [6.07, 6.45) is 12.1. The lowest BCUT2D eigenvalue weighted by Crippen LogP contribution is -2.66. The van der Waals surface area contributed by atoms with Gasteiger partial charge in [-0.25, -0.2) is 5.21 Å². The van der Waals surface area contributed by atoms with Gasteiger partial charge in [0.25, 0.3) is 10.6 Å². The Morgan fingerprint density at radius 3 is 2.28 bits per heavy atom. The number of aldehydes is 1. The van der Waals surface area contributed by atoms with Crippen molar-refractivity contribution in [1.29, 1.82) is 0 Å². The number of carbonyl (C=O) groups is 3. The maximum atomic E-state index is 12.8. The lowest BCUT2D eigenvalue weighted by molar-refractivity contribution is -0.755. The number of nitrogens with one attached hydrogen (secondary N) is 1. The molecule has 5 N–H and O–H groups in total. The molecule has 0 aromatic carbocycles. The largest absolute Gasteiger partial charge is 0.461 e. The molecular formula is C35H53N2O10+. The van der Waals surface area contributed by atoms with Gasteiger partial charge in [-0.1, -0.05) is 68.5 Å². The SMILES string of the molecule is COC(CC(C)C(O)/C=C/C=C/CNC(=O)C(C)(C)C(O)\C(C)=C/C=C\C=C\C(C)=C(/C)[N+](=O)O)C(O)(C(C)C=O)C1C(=O)OC1C. The number of ether oxygens (including phenoxy) is 2. The summed E-state index contributed by atoms with van der Waals surface area (Å²) in [7, 11) is 1.38. The van der Waals surface area contributed by atoms with Crippen molar-refractivity contribution in [2.75, 3.05) is 13.7 Å². The molecule has 12 nitrogen and oxygen atoms in total. The van der Waals surface area contributed by atoms with Crippen LogP contribution in [0.5, 0.6) is 0 Å². The Labute approximate surface area is 277 Å². The Bertz CT molecular complexity index is 1290. The number of esters is 1. The lowest BCUT2D eigenvalue weighted by Gasteiger charge is -2.49. The van der Waals surface area contributed by atoms with Crippen LogP contribution in [0.2, 0.25) is 0 Å². The van der Waals surface area contributed by atoms with Gasteiger partial charge in [-0.3, -0.25) is 9.59 Å². The highest BCUT2D eigenvalue weighted by Crippen LogP contribution is 2.42. The molecule has 0 aromatic rings. The highest BCUT2D eigenvalue weighted by Gasteiger charge is 2.60. The molecule has 1 amide bonds. The number of aliphatic hydroxyl groups is 3. The van der Waals surface area contributed by atoms with Crippen molar-refractivity contribution in [3.8, 4) is 0 Å². The summed E-state index contributed by atoms with van der Waals surface area (Å²) in [6, 6.07) is 0. The zero-order valence-electron chi connectivity index (χ0n) is 28.9. The topological polar surface area (TPSA) is 183 Å². The zero-order chi connectivity index (χ0) is 36.1. The van der Waals surface area contributed by atoms with Crippen LogP contribution in [0.3, 0.4) is 0 Å². The van der Waals surface area contributed by atoms with E-state index in [1.807, 2.05) is 0 Å². The molecule has 1 aliphatic rings. The van der Waals surface area contributed by atoms with Crippen molar-refractivity contribution in [3.63, 3.8) is 0 Å². The third kappa shape index (κ3) is 10.9. The van der Waals surface area contributed by atoms with Gasteiger partial charge in [-0.05, 0) is 52.5 Å². The number of rotatable bonds is 19. The van der Waals surface area contributed by atoms with Gasteiger partial charge < -0.3 is 34.9 Å². The number of carbonyl (C=O) groups excluding carboxylic acids is 3. The minimum Gasteiger partial charge on any atom is -0.461 e. The summed E-state index contributed by atoms with van der Waals surface area (Å²) in [5.41, 5.74) is -1.62. The minimum absolute atomic E-state index is 0.160. The van der Waals surface area contributed by atoms with Crippen molar-refractivity contribution >= 4 is 18.2 Å². The molecule has 47 heavy (non-hydrogen) atoms. The fourth-order valence-electron chi connectivity index (χ4n) is 5.27. The van der Waals surface area contributed by atoms with Crippen molar-refractivity contribution in [2.24, 2.45) is 23.2 Å². The summed E-state index contributed by atoms with van der Waals surface area (Å²) in [4.78, 5) is 47.4. The Morgan fingerprint density at radius 2 is 1.74 bits per heavy atom. The van der Waals surface area contributed by atoms with Gasteiger partial charge in [0.15, 0.2) is 0 Å². The second-order valence-electron chi connectivity index (χ2n) is 12.7. The maximum absolute atomic E-state index is 12.8. The van der Waals surface area contributed by atoms with E-state index in [-0.39, 0.29) is 29.5 Å². The van der Waals surface area contributed by atoms with Gasteiger partial charge in [-0.15, -0.1) is 0 Å². The van der Waals surface area contributed by atoms with E-state index < -0.39 is 59.2 Å². The number of amides is 1. The second-order valence-corrected chi connectivity index (χ2v) is 12.7. The molecule has 0 bridgehead atoms. The highest BCUT2D eigenvalue weighted by atomic mass is 16.6. The van der Waals surface area contributed by atoms with E-state index in [0.717, 1.165) is 0 Å². The number of nitrogens with zero attached hydrogens (tertiary/aromatic N) is 1. The lowest BCUT2D eigenvalue weighted by atomic mass is 9.68. The van der Waals surface area contributed by atoms with Crippen molar-refractivity contribution in [3.05, 3.63) is 76.4 Å². The molecule has 262 valence electrons. The first-order valence-corrected chi connectivity index (χ1v) is 15.6. The number of methoxy groups -OCH3 is 1. The monoisotopic (exact) mass is 661 g/mol. The first-order chi connectivity index (χ1) is 21.9. The first kappa shape index (κ1) is 41.3. The zero-order valence-corrected chi connectivity index (χ0v) is 28.9. The Balaban J connectivity index is 2.72. The molecule has 8 atom stereocenters. The van der Waals surface area contributed by atoms with E-state index in [9.17, 15) is 34.6 Å². The Morgan fingerprint density at radius 1 is 1.11 bits per heavy atom. The second kappa shape index (κ2) is 18.6. The third-order valence-electron chi connectivity index (χ3n) is 8.85. The van der Waals surface area contributed by atoms with Crippen LogP contribution in [-0.2, 0) is 23.9 Å². The summed E-state index contributed by atoms with van der Waals surface area (Å²) in [6.45, 7) is 13.3. The first-order valence-electron chi connectivity index (χ1n) is 15.6. The van der Waals surface area contributed by atoms with Crippen LogP contribution in [0.1, 0.15) is 61.8 Å². The van der Waals surface area contributed by atoms with E-state index >= 15 is 0 Å². The van der Waals surface area contributed by atoms with Crippen molar-refractivity contribution in [1.82, 2.24) is 5.32 Å². The predicted octanol–water partition coefficient (Wildman–Crippen LogP) is 3.65. The van der Waals surface area contributed by atoms with Crippen molar-refractivity contribution in [2.45, 2.75) is 91.8 Å². The van der Waals surface area contributed by atoms with Gasteiger partial charge in [-0.2, -0.15) is 0 Å². The third-order valence-corrected chi connectivity index (χ3v) is 8.85. The molecule has 1 rings (SSSR count). The highest BCUT2D eigenvalue weighted by molar-refractivity contribution is 5.83. The molecular weight excluding hydrogens is 608 g/mol. The fraction of sp³-hybridized carbons (Fsp3) is 0.571. The van der Waals surface area contributed by atoms with E-state index in [4.69, 9.17) is 14.7 Å². The molecule has 1 aliphatic heterocycles. The number of cyclic esters (lactones) is 1. The summed E-state index contributed by atoms with van der Waals surface area (Å²) < 4.78 is 10.6. The van der Waals surface area contributed by atoms with Crippen LogP contribution < -0.4 is 5.32 Å². The number of hydrogen-bond acceptors (Lipinski definition) is 9. The van der Waals surface area contributed by atoms with Crippen LogP contribution in [0.4, 0.5) is 0 Å². The van der Waals surface area contributed by atoms with Gasteiger partial charge in [0, 0.05) is 32.1 Å². The summed E-state index contributed by atoms with van der Waals surface area (Å²) in [5, 5.41) is 44.8. The van der Waals surface area contributed by atoms with Crippen LogP contribution in [0.15, 0.2) is 71.5 Å². The van der Waals surface area contributed by atoms with E-state index in [2.05, 4.69) is 5.32 Å². The molecule has 0 radical (unpaired) electrons. The quantitative estimate of drug-likeness (QED) is 0.0593. The van der Waals surface area contributed by atoms with Crippen LogP contribution in [0.25, 0.3) is 0 Å². The number of aliphatic hydroxyl groups excluding tert-OH is 2. The molecule has 12 heteroatoms. The van der Waals surface area contributed by atoms with E-state index in [1.165, 1.54) is 21.0 Å². The van der Waals surface area contributed by atoms with Gasteiger partial charge in [0.2, 0.25) is 5.91 Å². The van der Waals surface area contributed by atoms with Crippen LogP contribution in [0, 0.1) is 28.1 Å². The maximum Gasteiger partial charge on any atom is 0.316 e. The summed E-state index contributed by atoms with van der Waals surface area (Å²) >= 11 is 0. The fourth-order valence-corrected chi connectivity index (χ4v) is 5.27. The molecule has 0 aliphatic carbocycles. The average Bonchev–Trinajstić information content (AvgIpc) is 3.02. The molecule has 0 aromatic heterocycles. The van der Waals surface area contributed by atoms with Crippen molar-refractivity contribution < 1.29 is 49.3 Å². The van der Waals surface area contributed by atoms with Gasteiger partial charge in [0.1, 0.15) is 23.9 Å². The number of hydrogen-bond donors (Lipinski definition) is 5. The van der Waals surface area contributed by atoms with Crippen LogP contribution in [-0.4, -0.2) is 87.3 Å². The normalized spacial score (nSPS) is 22.7. The van der Waals surface area contributed by atoms with E-state index in [0.29, 0.717) is 17.4 Å². The Kier molecular flexibility index (Phi) is 16.3. The number of allylic oxidation sites excluding steroid dienone is 9. The van der Waals surface area contributed by atoms with Crippen LogP contribution >= 0.6 is 0 Å². The molecule has 0 saturated carbocycles. The van der Waals surface area contributed by atoms with E-state index in [1.54, 1.807) is 96.2 Å². The average molecular weight is 662 g/mol. The standard InChI is InChI=1S/C35H52N2O10/c1-22(26(5)37(44)45)16-12-10-13-17-23(2)31(40)34(7,8)33(42)36-19-15-11-14-18-28(39)24(3)20-29(46-9)35(43,25(4)21-38)30-27(6)47-32(30)41/h10-18,21,24-25,27-31,39-40,43H,19-20H2,1-9H3,(H-,36,42,44,45)/p+1/b13-10-,15-11+,16-12+,18-14+,23-17-,26-22+. The Hall–Kier alpha value is -3.71. The molecule has 8 unspecified atom stereocenters. The minimum atomic E-state index is -1.80.